The van der Waals surface area contributed by atoms with Crippen LogP contribution in [-0.4, -0.2) is 19.1 Å². The maximum atomic E-state index is 11.8. The Balaban J connectivity index is 2.11. The van der Waals surface area contributed by atoms with Gasteiger partial charge in [0.25, 0.3) is 5.91 Å². The Morgan fingerprint density at radius 2 is 2.19 bits per heavy atom. The van der Waals surface area contributed by atoms with Crippen molar-refractivity contribution in [2.75, 3.05) is 12.8 Å². The first-order valence-corrected chi connectivity index (χ1v) is 5.44. The number of nitrogens with one attached hydrogen (secondary N) is 1. The van der Waals surface area contributed by atoms with E-state index in [-0.39, 0.29) is 5.91 Å². The first kappa shape index (κ1) is 10.8. The smallest absolute Gasteiger partial charge is 0.251 e. The average Bonchev–Trinajstić information content (AvgIpc) is 2.22. The number of nitrogens with two attached hydrogens (primary N) is 1. The van der Waals surface area contributed by atoms with Crippen LogP contribution in [0.4, 0.5) is 5.69 Å². The van der Waals surface area contributed by atoms with E-state index in [2.05, 4.69) is 5.32 Å². The van der Waals surface area contributed by atoms with E-state index in [9.17, 15) is 4.79 Å². The molecule has 0 saturated heterocycles. The average molecular weight is 220 g/mol. The molecule has 0 heterocycles. The topological polar surface area (TPSA) is 64.3 Å². The van der Waals surface area contributed by atoms with Gasteiger partial charge in [-0.15, -0.1) is 0 Å². The van der Waals surface area contributed by atoms with Gasteiger partial charge in [-0.25, -0.2) is 0 Å². The van der Waals surface area contributed by atoms with E-state index in [1.807, 2.05) is 0 Å². The molecule has 4 heteroatoms. The number of anilines is 1. The Morgan fingerprint density at radius 1 is 1.44 bits per heavy atom. The maximum absolute atomic E-state index is 11.8. The highest BCUT2D eigenvalue weighted by Gasteiger charge is 2.20. The van der Waals surface area contributed by atoms with Crippen molar-refractivity contribution in [3.8, 4) is 5.75 Å². The largest absolute Gasteiger partial charge is 0.497 e. The minimum absolute atomic E-state index is 0.0738. The number of hydrogen-bond donors (Lipinski definition) is 2. The Morgan fingerprint density at radius 3 is 2.75 bits per heavy atom. The van der Waals surface area contributed by atoms with Gasteiger partial charge >= 0.3 is 0 Å². The van der Waals surface area contributed by atoms with Gasteiger partial charge < -0.3 is 15.8 Å². The van der Waals surface area contributed by atoms with Gasteiger partial charge in [-0.05, 0) is 31.4 Å². The molecule has 0 bridgehead atoms. The molecule has 86 valence electrons. The lowest BCUT2D eigenvalue weighted by atomic mass is 9.93. The lowest BCUT2D eigenvalue weighted by Crippen LogP contribution is -2.39. The van der Waals surface area contributed by atoms with Gasteiger partial charge in [0, 0.05) is 23.4 Å². The molecule has 16 heavy (non-hydrogen) atoms. The quantitative estimate of drug-likeness (QED) is 0.760. The van der Waals surface area contributed by atoms with Crippen molar-refractivity contribution >= 4 is 11.6 Å². The summed E-state index contributed by atoms with van der Waals surface area (Å²) in [5.41, 5.74) is 6.79. The van der Waals surface area contributed by atoms with Crippen LogP contribution in [0.15, 0.2) is 18.2 Å². The van der Waals surface area contributed by atoms with E-state index >= 15 is 0 Å². The van der Waals surface area contributed by atoms with Gasteiger partial charge in [-0.3, -0.25) is 4.79 Å². The van der Waals surface area contributed by atoms with Gasteiger partial charge in [-0.1, -0.05) is 0 Å². The summed E-state index contributed by atoms with van der Waals surface area (Å²) < 4.78 is 5.07. The lowest BCUT2D eigenvalue weighted by molar-refractivity contribution is 0.0916. The highest BCUT2D eigenvalue weighted by atomic mass is 16.5. The molecule has 1 aliphatic carbocycles. The van der Waals surface area contributed by atoms with E-state index in [4.69, 9.17) is 10.5 Å². The number of amides is 1. The van der Waals surface area contributed by atoms with E-state index < -0.39 is 0 Å². The van der Waals surface area contributed by atoms with Gasteiger partial charge in [0.1, 0.15) is 5.75 Å². The fourth-order valence-corrected chi connectivity index (χ4v) is 1.69. The first-order chi connectivity index (χ1) is 7.69. The van der Waals surface area contributed by atoms with Crippen LogP contribution in [0, 0.1) is 0 Å². The van der Waals surface area contributed by atoms with Crippen molar-refractivity contribution < 1.29 is 9.53 Å². The van der Waals surface area contributed by atoms with Gasteiger partial charge in [0.15, 0.2) is 0 Å². The van der Waals surface area contributed by atoms with Crippen LogP contribution in [-0.2, 0) is 0 Å². The van der Waals surface area contributed by atoms with Crippen LogP contribution in [0.25, 0.3) is 0 Å². The van der Waals surface area contributed by atoms with Crippen LogP contribution < -0.4 is 15.8 Å². The highest BCUT2D eigenvalue weighted by molar-refractivity contribution is 5.95. The summed E-state index contributed by atoms with van der Waals surface area (Å²) in [5.74, 6) is 0.536. The first-order valence-electron chi connectivity index (χ1n) is 5.44. The summed E-state index contributed by atoms with van der Waals surface area (Å²) in [7, 11) is 1.56. The second-order valence-corrected chi connectivity index (χ2v) is 4.10. The van der Waals surface area contributed by atoms with Crippen molar-refractivity contribution in [3.63, 3.8) is 0 Å². The molecule has 4 nitrogen and oxygen atoms in total. The van der Waals surface area contributed by atoms with Crippen molar-refractivity contribution in [3.05, 3.63) is 23.8 Å². The number of hydrogen-bond acceptors (Lipinski definition) is 3. The molecule has 0 radical (unpaired) electrons. The zero-order chi connectivity index (χ0) is 11.5. The Labute approximate surface area is 94.8 Å². The number of rotatable bonds is 3. The van der Waals surface area contributed by atoms with Gasteiger partial charge in [0.05, 0.1) is 7.11 Å². The lowest BCUT2D eigenvalue weighted by Gasteiger charge is -2.26. The van der Waals surface area contributed by atoms with Gasteiger partial charge in [-0.2, -0.15) is 0 Å². The second-order valence-electron chi connectivity index (χ2n) is 4.10. The molecule has 0 unspecified atom stereocenters. The van der Waals surface area contributed by atoms with Crippen LogP contribution in [0.1, 0.15) is 29.6 Å². The minimum atomic E-state index is -0.0738. The van der Waals surface area contributed by atoms with Crippen LogP contribution in [0.2, 0.25) is 0 Å². The summed E-state index contributed by atoms with van der Waals surface area (Å²) in [6, 6.07) is 5.39. The summed E-state index contributed by atoms with van der Waals surface area (Å²) in [4.78, 5) is 11.8. The van der Waals surface area contributed by atoms with Crippen molar-refractivity contribution in [1.82, 2.24) is 5.32 Å². The Kier molecular flexibility index (Phi) is 2.99. The van der Waals surface area contributed by atoms with Crippen LogP contribution in [0.5, 0.6) is 5.75 Å². The fraction of sp³-hybridized carbons (Fsp3) is 0.417. The maximum Gasteiger partial charge on any atom is 0.251 e. The molecule has 1 amide bonds. The van der Waals surface area contributed by atoms with Crippen LogP contribution in [0.3, 0.4) is 0 Å². The molecule has 1 saturated carbocycles. The second kappa shape index (κ2) is 4.43. The van der Waals surface area contributed by atoms with Crippen molar-refractivity contribution in [2.45, 2.75) is 25.3 Å². The molecule has 3 N–H and O–H groups in total. The van der Waals surface area contributed by atoms with E-state index in [0.717, 1.165) is 12.8 Å². The van der Waals surface area contributed by atoms with E-state index in [1.54, 1.807) is 25.3 Å². The summed E-state index contributed by atoms with van der Waals surface area (Å²) in [6.07, 6.45) is 3.35. The number of benzene rings is 1. The summed E-state index contributed by atoms with van der Waals surface area (Å²) in [6.45, 7) is 0. The molecule has 0 atom stereocenters. The number of ether oxygens (including phenoxy) is 1. The van der Waals surface area contributed by atoms with Crippen LogP contribution >= 0.6 is 0 Å². The molecule has 1 aromatic rings. The van der Waals surface area contributed by atoms with E-state index in [1.165, 1.54) is 6.42 Å². The molecule has 0 spiro atoms. The minimum Gasteiger partial charge on any atom is -0.497 e. The van der Waals surface area contributed by atoms with Crippen molar-refractivity contribution in [2.24, 2.45) is 0 Å². The molecule has 0 aromatic heterocycles. The number of nitrogen functional groups attached to an aromatic ring is 1. The zero-order valence-electron chi connectivity index (χ0n) is 9.32. The predicted octanol–water partition coefficient (Wildman–Crippen LogP) is 1.56. The zero-order valence-corrected chi connectivity index (χ0v) is 9.32. The number of carbonyl (C=O) groups is 1. The normalized spacial score (nSPS) is 15.3. The number of methoxy groups -OCH3 is 1. The fourth-order valence-electron chi connectivity index (χ4n) is 1.69. The third-order valence-corrected chi connectivity index (χ3v) is 2.87. The molecular weight excluding hydrogens is 204 g/mol. The molecule has 1 aliphatic rings. The monoisotopic (exact) mass is 220 g/mol. The highest BCUT2D eigenvalue weighted by Crippen LogP contribution is 2.21. The van der Waals surface area contributed by atoms with Gasteiger partial charge in [0.2, 0.25) is 0 Å². The molecule has 1 aromatic carbocycles. The van der Waals surface area contributed by atoms with E-state index in [0.29, 0.717) is 23.0 Å². The third-order valence-electron chi connectivity index (χ3n) is 2.87. The molecule has 2 rings (SSSR count). The third kappa shape index (κ3) is 2.27. The Hall–Kier alpha value is -1.71. The SMILES string of the molecule is COc1cc(N)cc(C(=O)NC2CCC2)c1. The number of carbonyl (C=O) groups excluding carboxylic acids is 1. The van der Waals surface area contributed by atoms with Crippen molar-refractivity contribution in [1.29, 1.82) is 0 Å². The summed E-state index contributed by atoms with van der Waals surface area (Å²) in [5, 5.41) is 2.96. The molecule has 0 aliphatic heterocycles. The molecule has 1 fully saturated rings. The Bertz CT molecular complexity index is 400. The summed E-state index contributed by atoms with van der Waals surface area (Å²) >= 11 is 0. The molecular formula is C12H16N2O2. The standard InChI is InChI=1S/C12H16N2O2/c1-16-11-6-8(5-9(13)7-11)12(15)14-10-3-2-4-10/h5-7,10H,2-4,13H2,1H3,(H,14,15). The predicted molar refractivity (Wildman–Crippen MR) is 62.5 cm³/mol.